The summed E-state index contributed by atoms with van der Waals surface area (Å²) in [5, 5.41) is 10.1. The first-order valence-electron chi connectivity index (χ1n) is 5.58. The molecule has 1 aliphatic rings. The fraction of sp³-hybridized carbons (Fsp3) is 0.615. The summed E-state index contributed by atoms with van der Waals surface area (Å²) >= 11 is 0. The molecule has 90 valence electrons. The SMILES string of the molecule is C/C=C/C1CCC(C)(C)C(O)=C1C(=O)OC. The first kappa shape index (κ1) is 12.8. The zero-order chi connectivity index (χ0) is 12.3. The minimum absolute atomic E-state index is 0.0227. The van der Waals surface area contributed by atoms with E-state index in [0.29, 0.717) is 5.57 Å². The Morgan fingerprint density at radius 1 is 1.56 bits per heavy atom. The van der Waals surface area contributed by atoms with E-state index >= 15 is 0 Å². The highest BCUT2D eigenvalue weighted by Crippen LogP contribution is 2.42. The lowest BCUT2D eigenvalue weighted by Crippen LogP contribution is -2.29. The van der Waals surface area contributed by atoms with Crippen LogP contribution in [0.4, 0.5) is 0 Å². The number of aliphatic hydroxyl groups excluding tert-OH is 1. The monoisotopic (exact) mass is 224 g/mol. The van der Waals surface area contributed by atoms with Gasteiger partial charge >= 0.3 is 5.97 Å². The zero-order valence-corrected chi connectivity index (χ0v) is 10.4. The molecule has 1 atom stereocenters. The van der Waals surface area contributed by atoms with E-state index in [1.165, 1.54) is 7.11 Å². The van der Waals surface area contributed by atoms with Gasteiger partial charge in [-0.3, -0.25) is 0 Å². The molecule has 0 aliphatic heterocycles. The number of hydrogen-bond acceptors (Lipinski definition) is 3. The van der Waals surface area contributed by atoms with Gasteiger partial charge in [0.2, 0.25) is 0 Å². The molecule has 1 aliphatic carbocycles. The van der Waals surface area contributed by atoms with Gasteiger partial charge in [-0.15, -0.1) is 0 Å². The third-order valence-electron chi connectivity index (χ3n) is 3.18. The van der Waals surface area contributed by atoms with Crippen LogP contribution >= 0.6 is 0 Å². The molecule has 0 fully saturated rings. The number of ether oxygens (including phenoxy) is 1. The number of aliphatic hydroxyl groups is 1. The van der Waals surface area contributed by atoms with Gasteiger partial charge < -0.3 is 9.84 Å². The van der Waals surface area contributed by atoms with Gasteiger partial charge in [0.25, 0.3) is 0 Å². The largest absolute Gasteiger partial charge is 0.511 e. The van der Waals surface area contributed by atoms with Crippen LogP contribution in [0, 0.1) is 11.3 Å². The van der Waals surface area contributed by atoms with Crippen LogP contribution in [-0.2, 0) is 9.53 Å². The van der Waals surface area contributed by atoms with Gasteiger partial charge in [-0.05, 0) is 19.8 Å². The van der Waals surface area contributed by atoms with Crippen molar-refractivity contribution in [1.82, 2.24) is 0 Å². The van der Waals surface area contributed by atoms with Crippen LogP contribution in [0.1, 0.15) is 33.6 Å². The molecule has 0 radical (unpaired) electrons. The molecule has 0 spiro atoms. The number of allylic oxidation sites excluding steroid dienone is 3. The molecule has 3 heteroatoms. The summed E-state index contributed by atoms with van der Waals surface area (Å²) in [4.78, 5) is 11.7. The van der Waals surface area contributed by atoms with Crippen LogP contribution in [0.5, 0.6) is 0 Å². The van der Waals surface area contributed by atoms with Crippen LogP contribution in [0.15, 0.2) is 23.5 Å². The molecule has 16 heavy (non-hydrogen) atoms. The summed E-state index contributed by atoms with van der Waals surface area (Å²) in [7, 11) is 1.34. The first-order chi connectivity index (χ1) is 7.44. The summed E-state index contributed by atoms with van der Waals surface area (Å²) in [6.45, 7) is 5.79. The molecule has 1 unspecified atom stereocenters. The van der Waals surface area contributed by atoms with Gasteiger partial charge in [-0.1, -0.05) is 26.0 Å². The number of esters is 1. The van der Waals surface area contributed by atoms with Crippen molar-refractivity contribution >= 4 is 5.97 Å². The van der Waals surface area contributed by atoms with Crippen LogP contribution in [-0.4, -0.2) is 18.2 Å². The molecule has 3 nitrogen and oxygen atoms in total. The van der Waals surface area contributed by atoms with E-state index in [-0.39, 0.29) is 17.1 Å². The Kier molecular flexibility index (Phi) is 3.79. The maximum absolute atomic E-state index is 11.7. The van der Waals surface area contributed by atoms with Crippen molar-refractivity contribution in [2.24, 2.45) is 11.3 Å². The van der Waals surface area contributed by atoms with E-state index in [1.54, 1.807) is 0 Å². The first-order valence-corrected chi connectivity index (χ1v) is 5.58. The van der Waals surface area contributed by atoms with Gasteiger partial charge in [-0.2, -0.15) is 0 Å². The van der Waals surface area contributed by atoms with Crippen LogP contribution in [0.3, 0.4) is 0 Å². The second-order valence-electron chi connectivity index (χ2n) is 4.81. The predicted octanol–water partition coefficient (Wildman–Crippen LogP) is 2.98. The number of carbonyl (C=O) groups is 1. The Hall–Kier alpha value is -1.25. The third-order valence-corrected chi connectivity index (χ3v) is 3.18. The highest BCUT2D eigenvalue weighted by atomic mass is 16.5. The molecule has 0 aromatic carbocycles. The molecular formula is C13H20O3. The Morgan fingerprint density at radius 2 is 2.19 bits per heavy atom. The molecule has 0 aromatic rings. The molecule has 0 amide bonds. The normalized spacial score (nSPS) is 24.9. The topological polar surface area (TPSA) is 46.5 Å². The van der Waals surface area contributed by atoms with Crippen molar-refractivity contribution in [2.75, 3.05) is 7.11 Å². The quantitative estimate of drug-likeness (QED) is 0.579. The maximum Gasteiger partial charge on any atom is 0.337 e. The van der Waals surface area contributed by atoms with E-state index < -0.39 is 5.97 Å². The van der Waals surface area contributed by atoms with Crippen LogP contribution < -0.4 is 0 Å². The summed E-state index contributed by atoms with van der Waals surface area (Å²) in [5.74, 6) is -0.271. The smallest absolute Gasteiger partial charge is 0.337 e. The number of rotatable bonds is 2. The van der Waals surface area contributed by atoms with E-state index in [1.807, 2.05) is 32.9 Å². The zero-order valence-electron chi connectivity index (χ0n) is 10.4. The van der Waals surface area contributed by atoms with Crippen molar-refractivity contribution in [3.8, 4) is 0 Å². The second-order valence-corrected chi connectivity index (χ2v) is 4.81. The fourth-order valence-electron chi connectivity index (χ4n) is 2.10. The molecule has 0 saturated heterocycles. The standard InChI is InChI=1S/C13H20O3/c1-5-6-9-7-8-13(2,3)11(14)10(9)12(15)16-4/h5-6,9,14H,7-8H2,1-4H3/b6-5+. The van der Waals surface area contributed by atoms with E-state index in [4.69, 9.17) is 4.74 Å². The number of hydrogen-bond donors (Lipinski definition) is 1. The van der Waals surface area contributed by atoms with Gasteiger partial charge in [0.15, 0.2) is 0 Å². The van der Waals surface area contributed by atoms with E-state index in [0.717, 1.165) is 12.8 Å². The lowest BCUT2D eigenvalue weighted by molar-refractivity contribution is -0.137. The molecule has 1 N–H and O–H groups in total. The molecule has 0 aromatic heterocycles. The molecule has 0 saturated carbocycles. The number of methoxy groups -OCH3 is 1. The average molecular weight is 224 g/mol. The molecular weight excluding hydrogens is 204 g/mol. The third kappa shape index (κ3) is 2.29. The Bertz CT molecular complexity index is 337. The van der Waals surface area contributed by atoms with Crippen molar-refractivity contribution in [3.05, 3.63) is 23.5 Å². The maximum atomic E-state index is 11.7. The van der Waals surface area contributed by atoms with Crippen LogP contribution in [0.25, 0.3) is 0 Å². The second kappa shape index (κ2) is 4.73. The summed E-state index contributed by atoms with van der Waals surface area (Å²) < 4.78 is 4.74. The predicted molar refractivity (Wildman–Crippen MR) is 63.0 cm³/mol. The Morgan fingerprint density at radius 3 is 2.69 bits per heavy atom. The fourth-order valence-corrected chi connectivity index (χ4v) is 2.10. The molecule has 0 bridgehead atoms. The van der Waals surface area contributed by atoms with Crippen molar-refractivity contribution in [3.63, 3.8) is 0 Å². The van der Waals surface area contributed by atoms with E-state index in [2.05, 4.69) is 0 Å². The van der Waals surface area contributed by atoms with Crippen molar-refractivity contribution in [2.45, 2.75) is 33.6 Å². The van der Waals surface area contributed by atoms with Gasteiger partial charge in [0, 0.05) is 11.3 Å². The molecule has 0 heterocycles. The lowest BCUT2D eigenvalue weighted by Gasteiger charge is -2.33. The summed E-state index contributed by atoms with van der Waals surface area (Å²) in [6.07, 6.45) is 5.58. The number of carbonyl (C=O) groups excluding carboxylic acids is 1. The summed E-state index contributed by atoms with van der Waals surface area (Å²) in [5.41, 5.74) is 0.0820. The Labute approximate surface area is 96.8 Å². The highest BCUT2D eigenvalue weighted by molar-refractivity contribution is 5.90. The molecule has 1 rings (SSSR count). The van der Waals surface area contributed by atoms with Crippen molar-refractivity contribution in [1.29, 1.82) is 0 Å². The van der Waals surface area contributed by atoms with Gasteiger partial charge in [0.1, 0.15) is 5.76 Å². The minimum atomic E-state index is -0.423. The minimum Gasteiger partial charge on any atom is -0.511 e. The lowest BCUT2D eigenvalue weighted by atomic mass is 9.73. The van der Waals surface area contributed by atoms with Gasteiger partial charge in [-0.25, -0.2) is 4.79 Å². The van der Waals surface area contributed by atoms with E-state index in [9.17, 15) is 9.90 Å². The van der Waals surface area contributed by atoms with Gasteiger partial charge in [0.05, 0.1) is 12.7 Å². The van der Waals surface area contributed by atoms with Crippen LogP contribution in [0.2, 0.25) is 0 Å². The highest BCUT2D eigenvalue weighted by Gasteiger charge is 2.37. The Balaban J connectivity index is 3.20. The summed E-state index contributed by atoms with van der Waals surface area (Å²) in [6, 6.07) is 0. The average Bonchev–Trinajstić information content (AvgIpc) is 2.24. The van der Waals surface area contributed by atoms with Crippen molar-refractivity contribution < 1.29 is 14.6 Å².